The van der Waals surface area contributed by atoms with E-state index in [1.165, 1.54) is 6.08 Å². The lowest BCUT2D eigenvalue weighted by molar-refractivity contribution is -0.151. The highest BCUT2D eigenvalue weighted by molar-refractivity contribution is 6.30. The Labute approximate surface area is 196 Å². The third-order valence-corrected chi connectivity index (χ3v) is 6.08. The van der Waals surface area contributed by atoms with Crippen LogP contribution in [0.5, 0.6) is 0 Å². The van der Waals surface area contributed by atoms with Gasteiger partial charge in [-0.1, -0.05) is 25.4 Å². The Bertz CT molecular complexity index is 1210. The summed E-state index contributed by atoms with van der Waals surface area (Å²) in [7, 11) is 0. The third kappa shape index (κ3) is 4.86. The number of ether oxygens (including phenoxy) is 1. The van der Waals surface area contributed by atoms with Crippen molar-refractivity contribution in [1.82, 2.24) is 9.97 Å². The van der Waals surface area contributed by atoms with Crippen LogP contribution in [0.1, 0.15) is 50.8 Å². The van der Waals surface area contributed by atoms with Gasteiger partial charge in [-0.15, -0.1) is 0 Å². The molecule has 0 atom stereocenters. The first-order chi connectivity index (χ1) is 15.7. The molecular formula is C24H26ClFN4O3. The molecule has 0 spiro atoms. The summed E-state index contributed by atoms with van der Waals surface area (Å²) >= 11 is 6.12. The quantitative estimate of drug-likeness (QED) is 0.536. The van der Waals surface area contributed by atoms with Crippen LogP contribution in [-0.2, 0) is 9.53 Å². The van der Waals surface area contributed by atoms with Crippen LogP contribution in [0.25, 0.3) is 5.57 Å². The highest BCUT2D eigenvalue weighted by Crippen LogP contribution is 2.34. The zero-order chi connectivity index (χ0) is 23.8. The van der Waals surface area contributed by atoms with Crippen LogP contribution in [0, 0.1) is 5.41 Å². The molecule has 0 bridgehead atoms. The van der Waals surface area contributed by atoms with Crippen LogP contribution in [0.4, 0.5) is 21.6 Å². The largest absolute Gasteiger partial charge is 0.379 e. The Morgan fingerprint density at radius 3 is 2.73 bits per heavy atom. The number of nitrogens with zero attached hydrogens (tertiary/aromatic N) is 1. The van der Waals surface area contributed by atoms with E-state index in [4.69, 9.17) is 16.3 Å². The van der Waals surface area contributed by atoms with E-state index in [1.807, 2.05) is 20.8 Å². The molecule has 1 aliphatic carbocycles. The monoisotopic (exact) mass is 472 g/mol. The maximum atomic E-state index is 14.6. The first kappa shape index (κ1) is 23.2. The van der Waals surface area contributed by atoms with Crippen LogP contribution in [0.15, 0.2) is 46.1 Å². The number of rotatable bonds is 6. The van der Waals surface area contributed by atoms with Crippen molar-refractivity contribution in [3.05, 3.63) is 62.9 Å². The first-order valence-corrected chi connectivity index (χ1v) is 11.2. The van der Waals surface area contributed by atoms with E-state index in [9.17, 15) is 14.0 Å². The summed E-state index contributed by atoms with van der Waals surface area (Å²) in [6.45, 7) is 6.49. The number of amides is 1. The fourth-order valence-corrected chi connectivity index (χ4v) is 3.94. The van der Waals surface area contributed by atoms with Crippen molar-refractivity contribution in [2.75, 3.05) is 23.8 Å². The predicted octanol–water partition coefficient (Wildman–Crippen LogP) is 5.21. The molecule has 174 valence electrons. The van der Waals surface area contributed by atoms with Gasteiger partial charge in [0.2, 0.25) is 5.91 Å². The van der Waals surface area contributed by atoms with Gasteiger partial charge in [0.05, 0.1) is 29.9 Å². The van der Waals surface area contributed by atoms with Gasteiger partial charge in [-0.05, 0) is 37.5 Å². The minimum Gasteiger partial charge on any atom is -0.379 e. The number of aromatic nitrogens is 2. The zero-order valence-corrected chi connectivity index (χ0v) is 19.5. The standard InChI is InChI=1S/C24H26ClFN4O3/c1-13(2)21-19(10-17(22(31)30-21)16-8-14(25)4-5-18(16)26)28-15-6-7-27-20(9-15)29-23(32)24(3)11-33-12-24/h6-10,13H,4-5,11-12H2,1-3H3,(H,30,31)(H2,27,28,29,32). The number of halogens is 2. The van der Waals surface area contributed by atoms with Crippen LogP contribution >= 0.6 is 11.6 Å². The molecule has 2 aromatic rings. The Morgan fingerprint density at radius 2 is 2.06 bits per heavy atom. The number of H-pyrrole nitrogens is 1. The summed E-state index contributed by atoms with van der Waals surface area (Å²) in [4.78, 5) is 32.4. The SMILES string of the molecule is CC(C)c1[nH]c(=O)c(C2=C(F)CCC(Cl)=C2)cc1Nc1ccnc(NC(=O)C2(C)COC2)c1. The van der Waals surface area contributed by atoms with Crippen molar-refractivity contribution in [2.45, 2.75) is 39.5 Å². The van der Waals surface area contributed by atoms with Crippen LogP contribution in [0.2, 0.25) is 0 Å². The van der Waals surface area contributed by atoms with Gasteiger partial charge in [-0.2, -0.15) is 0 Å². The summed E-state index contributed by atoms with van der Waals surface area (Å²) in [5.74, 6) is -0.130. The normalized spacial score (nSPS) is 17.5. The Hall–Kier alpha value is -2.97. The summed E-state index contributed by atoms with van der Waals surface area (Å²) in [5, 5.41) is 6.61. The van der Waals surface area contributed by atoms with Crippen LogP contribution in [0.3, 0.4) is 0 Å². The summed E-state index contributed by atoms with van der Waals surface area (Å²) in [6.07, 6.45) is 3.66. The van der Waals surface area contributed by atoms with Gasteiger partial charge >= 0.3 is 0 Å². The zero-order valence-electron chi connectivity index (χ0n) is 18.7. The maximum absolute atomic E-state index is 14.6. The summed E-state index contributed by atoms with van der Waals surface area (Å²) in [6, 6.07) is 5.09. The topological polar surface area (TPSA) is 96.1 Å². The summed E-state index contributed by atoms with van der Waals surface area (Å²) < 4.78 is 19.7. The van der Waals surface area contributed by atoms with Crippen molar-refractivity contribution < 1.29 is 13.9 Å². The molecule has 3 heterocycles. The molecule has 2 aliphatic rings. The maximum Gasteiger partial charge on any atom is 0.256 e. The third-order valence-electron chi connectivity index (χ3n) is 5.79. The van der Waals surface area contributed by atoms with Crippen LogP contribution in [-0.4, -0.2) is 29.1 Å². The Kier molecular flexibility index (Phi) is 6.41. The van der Waals surface area contributed by atoms with Crippen molar-refractivity contribution in [1.29, 1.82) is 0 Å². The smallest absolute Gasteiger partial charge is 0.256 e. The molecule has 4 rings (SSSR count). The number of nitrogens with one attached hydrogen (secondary N) is 3. The van der Waals surface area contributed by atoms with Crippen LogP contribution < -0.4 is 16.2 Å². The molecule has 3 N–H and O–H groups in total. The average molecular weight is 473 g/mol. The molecule has 1 saturated heterocycles. The van der Waals surface area contributed by atoms with Gasteiger partial charge in [0, 0.05) is 40.7 Å². The molecule has 0 unspecified atom stereocenters. The average Bonchev–Trinajstić information content (AvgIpc) is 2.75. The van der Waals surface area contributed by atoms with E-state index in [-0.39, 0.29) is 40.8 Å². The van der Waals surface area contributed by atoms with Gasteiger partial charge in [-0.25, -0.2) is 9.37 Å². The number of hydrogen-bond acceptors (Lipinski definition) is 5. The second kappa shape index (κ2) is 9.11. The van der Waals surface area contributed by atoms with Crippen molar-refractivity contribution in [3.8, 4) is 0 Å². The molecule has 1 aliphatic heterocycles. The molecule has 7 nitrogen and oxygen atoms in total. The number of anilines is 3. The van der Waals surface area contributed by atoms with E-state index >= 15 is 0 Å². The molecule has 0 saturated carbocycles. The van der Waals surface area contributed by atoms with Gasteiger partial charge in [0.25, 0.3) is 5.56 Å². The molecule has 2 aromatic heterocycles. The number of carbonyl (C=O) groups excluding carboxylic acids is 1. The molecule has 33 heavy (non-hydrogen) atoms. The van der Waals surface area contributed by atoms with Crippen molar-refractivity contribution >= 4 is 40.3 Å². The lowest BCUT2D eigenvalue weighted by atomic mass is 9.88. The number of pyridine rings is 2. The van der Waals surface area contributed by atoms with Gasteiger partial charge in [0.15, 0.2) is 0 Å². The number of hydrogen-bond donors (Lipinski definition) is 3. The fraction of sp³-hybridized carbons (Fsp3) is 0.375. The van der Waals surface area contributed by atoms with E-state index in [0.29, 0.717) is 47.6 Å². The van der Waals surface area contributed by atoms with Gasteiger partial charge in [0.1, 0.15) is 11.6 Å². The lowest BCUT2D eigenvalue weighted by Gasteiger charge is -2.36. The Morgan fingerprint density at radius 1 is 1.30 bits per heavy atom. The van der Waals surface area contributed by atoms with E-state index in [1.54, 1.807) is 24.4 Å². The molecule has 0 radical (unpaired) electrons. The number of carbonyl (C=O) groups is 1. The Balaban J connectivity index is 1.66. The minimum absolute atomic E-state index is 0.00172. The molecule has 9 heteroatoms. The summed E-state index contributed by atoms with van der Waals surface area (Å²) in [5.41, 5.74) is 1.42. The van der Waals surface area contributed by atoms with Crippen molar-refractivity contribution in [2.24, 2.45) is 5.41 Å². The van der Waals surface area contributed by atoms with Gasteiger partial charge in [-0.3, -0.25) is 9.59 Å². The minimum atomic E-state index is -0.559. The van der Waals surface area contributed by atoms with E-state index in [0.717, 1.165) is 0 Å². The lowest BCUT2D eigenvalue weighted by Crippen LogP contribution is -2.49. The van der Waals surface area contributed by atoms with Gasteiger partial charge < -0.3 is 20.4 Å². The van der Waals surface area contributed by atoms with E-state index < -0.39 is 5.41 Å². The fourth-order valence-electron chi connectivity index (χ4n) is 3.74. The second-order valence-corrected chi connectivity index (χ2v) is 9.45. The highest BCUT2D eigenvalue weighted by Gasteiger charge is 2.41. The molecular weight excluding hydrogens is 447 g/mol. The number of allylic oxidation sites excluding steroid dienone is 4. The number of aromatic amines is 1. The molecule has 1 amide bonds. The molecule has 0 aromatic carbocycles. The first-order valence-electron chi connectivity index (χ1n) is 10.8. The van der Waals surface area contributed by atoms with E-state index in [2.05, 4.69) is 20.6 Å². The van der Waals surface area contributed by atoms with Crippen molar-refractivity contribution in [3.63, 3.8) is 0 Å². The second-order valence-electron chi connectivity index (χ2n) is 8.97. The highest BCUT2D eigenvalue weighted by atomic mass is 35.5. The molecule has 1 fully saturated rings. The predicted molar refractivity (Wildman–Crippen MR) is 127 cm³/mol.